The Kier molecular flexibility index (Phi) is 4.97. The van der Waals surface area contributed by atoms with E-state index >= 15 is 0 Å². The van der Waals surface area contributed by atoms with Crippen LogP contribution in [0.2, 0.25) is 0 Å². The van der Waals surface area contributed by atoms with E-state index in [0.717, 1.165) is 18.4 Å². The van der Waals surface area contributed by atoms with Gasteiger partial charge >= 0.3 is 6.09 Å². The predicted molar refractivity (Wildman–Crippen MR) is 117 cm³/mol. The van der Waals surface area contributed by atoms with Gasteiger partial charge in [-0.1, -0.05) is 34.2 Å². The quantitative estimate of drug-likeness (QED) is 0.464. The number of nitrogens with zero attached hydrogens (tertiary/aromatic N) is 6. The lowest BCUT2D eigenvalue weighted by molar-refractivity contribution is 0.147. The summed E-state index contributed by atoms with van der Waals surface area (Å²) in [5, 5.41) is 4.42. The van der Waals surface area contributed by atoms with Gasteiger partial charge in [-0.3, -0.25) is 14.3 Å². The summed E-state index contributed by atoms with van der Waals surface area (Å²) in [5.74, 6) is 1.39. The van der Waals surface area contributed by atoms with Crippen molar-refractivity contribution in [2.24, 2.45) is 7.05 Å². The number of hydrogen-bond donors (Lipinski definition) is 0. The molecule has 4 heterocycles. The molecule has 0 bridgehead atoms. The third-order valence-electron chi connectivity index (χ3n) is 5.38. The van der Waals surface area contributed by atoms with E-state index in [0.29, 0.717) is 28.0 Å². The summed E-state index contributed by atoms with van der Waals surface area (Å²) in [4.78, 5) is 41.1. The van der Waals surface area contributed by atoms with Gasteiger partial charge in [0.05, 0.1) is 6.04 Å². The standard InChI is InChI=1S/C21H20N6O4S/c1-11-6-8-13(9-7-11)30-21(29)27-10-4-5-14(27)18-23-15-19(32-18)24-16(26(3)20(15)28)17-22-12(2)25-31-17/h6-9,14H,4-5,10H2,1-3H3/t14-/m1/s1. The first kappa shape index (κ1) is 20.3. The van der Waals surface area contributed by atoms with Gasteiger partial charge in [0.1, 0.15) is 10.8 Å². The van der Waals surface area contributed by atoms with Crippen molar-refractivity contribution < 1.29 is 14.1 Å². The molecule has 4 aromatic rings. The first-order valence-corrected chi connectivity index (χ1v) is 11.0. The van der Waals surface area contributed by atoms with Gasteiger partial charge in [0.15, 0.2) is 16.2 Å². The van der Waals surface area contributed by atoms with E-state index in [2.05, 4.69) is 20.1 Å². The van der Waals surface area contributed by atoms with Gasteiger partial charge in [0.2, 0.25) is 5.82 Å². The third kappa shape index (κ3) is 3.54. The minimum absolute atomic E-state index is 0.170. The van der Waals surface area contributed by atoms with E-state index in [1.165, 1.54) is 15.9 Å². The van der Waals surface area contributed by atoms with Crippen LogP contribution in [0, 0.1) is 13.8 Å². The lowest BCUT2D eigenvalue weighted by Crippen LogP contribution is -2.33. The second-order valence-electron chi connectivity index (χ2n) is 7.68. The second kappa shape index (κ2) is 7.83. The van der Waals surface area contributed by atoms with Crippen molar-refractivity contribution in [3.63, 3.8) is 0 Å². The molecular weight excluding hydrogens is 432 g/mol. The number of hydrogen-bond acceptors (Lipinski definition) is 9. The van der Waals surface area contributed by atoms with Crippen molar-refractivity contribution in [2.45, 2.75) is 32.7 Å². The maximum absolute atomic E-state index is 12.9. The van der Waals surface area contributed by atoms with E-state index < -0.39 is 6.09 Å². The van der Waals surface area contributed by atoms with E-state index in [9.17, 15) is 9.59 Å². The monoisotopic (exact) mass is 452 g/mol. The maximum atomic E-state index is 12.9. The molecule has 10 nitrogen and oxygen atoms in total. The topological polar surface area (TPSA) is 116 Å². The zero-order chi connectivity index (χ0) is 22.4. The highest BCUT2D eigenvalue weighted by atomic mass is 32.1. The number of amides is 1. The number of carbonyl (C=O) groups excluding carboxylic acids is 1. The fraction of sp³-hybridized carbons (Fsp3) is 0.333. The molecular formula is C21H20N6O4S. The second-order valence-corrected chi connectivity index (χ2v) is 8.69. The number of aryl methyl sites for hydroxylation is 2. The van der Waals surface area contributed by atoms with Crippen LogP contribution in [0.5, 0.6) is 5.75 Å². The number of ether oxygens (including phenoxy) is 1. The number of aromatic nitrogens is 5. The Labute approximate surface area is 186 Å². The van der Waals surface area contributed by atoms with Crippen molar-refractivity contribution in [3.8, 4) is 17.5 Å². The molecule has 5 rings (SSSR count). The first-order valence-electron chi connectivity index (χ1n) is 10.1. The average molecular weight is 452 g/mol. The third-order valence-corrected chi connectivity index (χ3v) is 6.43. The number of carbonyl (C=O) groups is 1. The Morgan fingerprint density at radius 1 is 1.19 bits per heavy atom. The fourth-order valence-corrected chi connectivity index (χ4v) is 4.78. The molecule has 0 aliphatic carbocycles. The van der Waals surface area contributed by atoms with Crippen molar-refractivity contribution in [1.82, 2.24) is 29.6 Å². The highest BCUT2D eigenvalue weighted by Crippen LogP contribution is 2.36. The Bertz CT molecular complexity index is 1370. The molecule has 1 fully saturated rings. The van der Waals surface area contributed by atoms with Gasteiger partial charge in [0.25, 0.3) is 11.4 Å². The van der Waals surface area contributed by atoms with Crippen LogP contribution in [-0.4, -0.2) is 42.2 Å². The molecule has 1 saturated heterocycles. The Balaban J connectivity index is 1.47. The van der Waals surface area contributed by atoms with Gasteiger partial charge in [-0.25, -0.2) is 14.8 Å². The van der Waals surface area contributed by atoms with E-state index in [-0.39, 0.29) is 28.8 Å². The lowest BCUT2D eigenvalue weighted by Gasteiger charge is -2.22. The molecule has 32 heavy (non-hydrogen) atoms. The van der Waals surface area contributed by atoms with Crippen LogP contribution in [0.4, 0.5) is 4.79 Å². The van der Waals surface area contributed by atoms with E-state index in [4.69, 9.17) is 9.26 Å². The van der Waals surface area contributed by atoms with Crippen LogP contribution in [0.15, 0.2) is 33.6 Å². The minimum Gasteiger partial charge on any atom is -0.410 e. The molecule has 0 radical (unpaired) electrons. The van der Waals surface area contributed by atoms with Crippen molar-refractivity contribution in [3.05, 3.63) is 51.0 Å². The highest BCUT2D eigenvalue weighted by molar-refractivity contribution is 7.18. The predicted octanol–water partition coefficient (Wildman–Crippen LogP) is 3.39. The van der Waals surface area contributed by atoms with Gasteiger partial charge < -0.3 is 9.26 Å². The zero-order valence-electron chi connectivity index (χ0n) is 17.7. The molecule has 1 amide bonds. The minimum atomic E-state index is -0.432. The summed E-state index contributed by atoms with van der Waals surface area (Å²) >= 11 is 1.29. The molecule has 1 aliphatic rings. The number of likely N-dealkylation sites (tertiary alicyclic amines) is 1. The van der Waals surface area contributed by atoms with Crippen LogP contribution in [-0.2, 0) is 7.05 Å². The SMILES string of the molecule is Cc1ccc(OC(=O)N2CCC[C@@H]2c2nc3c(=O)n(C)c(-c4nc(C)no4)nc3s2)cc1. The summed E-state index contributed by atoms with van der Waals surface area (Å²) in [6.07, 6.45) is 1.12. The van der Waals surface area contributed by atoms with Gasteiger partial charge in [0, 0.05) is 13.6 Å². The molecule has 1 atom stereocenters. The summed E-state index contributed by atoms with van der Waals surface area (Å²) in [6, 6.07) is 7.05. The first-order chi connectivity index (χ1) is 15.4. The summed E-state index contributed by atoms with van der Waals surface area (Å²) in [5.41, 5.74) is 1.03. The lowest BCUT2D eigenvalue weighted by atomic mass is 10.2. The van der Waals surface area contributed by atoms with Gasteiger partial charge in [-0.05, 0) is 38.8 Å². The van der Waals surface area contributed by atoms with E-state index in [1.54, 1.807) is 31.0 Å². The van der Waals surface area contributed by atoms with Crippen LogP contribution in [0.3, 0.4) is 0 Å². The summed E-state index contributed by atoms with van der Waals surface area (Å²) < 4.78 is 12.1. The molecule has 164 valence electrons. The van der Waals surface area contributed by atoms with Crippen LogP contribution in [0.1, 0.15) is 35.3 Å². The Hall–Kier alpha value is -3.60. The van der Waals surface area contributed by atoms with Crippen LogP contribution >= 0.6 is 11.3 Å². The van der Waals surface area contributed by atoms with Crippen LogP contribution in [0.25, 0.3) is 22.1 Å². The molecule has 11 heteroatoms. The maximum Gasteiger partial charge on any atom is 0.415 e. The molecule has 0 spiro atoms. The van der Waals surface area contributed by atoms with Gasteiger partial charge in [-0.2, -0.15) is 4.98 Å². The Morgan fingerprint density at radius 2 is 1.97 bits per heavy atom. The molecule has 1 aromatic carbocycles. The molecule has 0 saturated carbocycles. The molecule has 3 aromatic heterocycles. The van der Waals surface area contributed by atoms with Crippen molar-refractivity contribution in [1.29, 1.82) is 0 Å². The van der Waals surface area contributed by atoms with Crippen molar-refractivity contribution in [2.75, 3.05) is 6.54 Å². The smallest absolute Gasteiger partial charge is 0.410 e. The zero-order valence-corrected chi connectivity index (χ0v) is 18.5. The molecule has 1 aliphatic heterocycles. The molecule has 0 N–H and O–H groups in total. The number of rotatable bonds is 3. The summed E-state index contributed by atoms with van der Waals surface area (Å²) in [7, 11) is 1.59. The number of benzene rings is 1. The fourth-order valence-electron chi connectivity index (χ4n) is 3.70. The van der Waals surface area contributed by atoms with E-state index in [1.807, 2.05) is 19.1 Å². The Morgan fingerprint density at radius 3 is 2.69 bits per heavy atom. The largest absolute Gasteiger partial charge is 0.415 e. The van der Waals surface area contributed by atoms with Crippen LogP contribution < -0.4 is 10.3 Å². The highest BCUT2D eigenvalue weighted by Gasteiger charge is 2.34. The number of thiazole rings is 1. The van der Waals surface area contributed by atoms with Crippen molar-refractivity contribution >= 4 is 27.8 Å². The number of fused-ring (bicyclic) bond motifs is 1. The average Bonchev–Trinajstić information content (AvgIpc) is 3.51. The summed E-state index contributed by atoms with van der Waals surface area (Å²) in [6.45, 7) is 4.22. The normalized spacial score (nSPS) is 16.1. The molecule has 0 unspecified atom stereocenters. The van der Waals surface area contributed by atoms with Gasteiger partial charge in [-0.15, -0.1) is 0 Å².